The van der Waals surface area contributed by atoms with Crippen LogP contribution in [0.15, 0.2) is 24.3 Å². The van der Waals surface area contributed by atoms with Gasteiger partial charge in [-0.3, -0.25) is 33.6 Å². The van der Waals surface area contributed by atoms with E-state index in [9.17, 15) is 38.4 Å². The lowest BCUT2D eigenvalue weighted by Gasteiger charge is -2.31. The SMILES string of the molecule is CCCCC/C=C\CCOC(=O)CCCCCC(=O)OCC(COC(=O)CCCCCCOC(=O)C(CCCC)CCCCCC)(COC(=O)CCCCCC(=O)OCC/C=C\CCCCC)COC(=O)CCC(CCCCCC)OC(=O)NCCN1CCCC1. The molecule has 1 N–H and O–H groups in total. The Morgan fingerprint density at radius 3 is 1.24 bits per heavy atom. The standard InChI is InChI=1S/C73H128N2O16/c1-6-11-16-20-22-25-39-56-84-65(76)45-33-28-35-48-68(79)88-60-73(61-89-69(80)49-36-29-34-46-66(77)85-57-40-26-23-21-17-12-7-2,59-87-67(78)47-32-24-27-41-58-86-71(82)63(42-15-10-5)43-30-18-13-8-3)62-90-70(81)51-50-64(44-31-19-14-9-4)91-72(83)74-52-55-75-53-37-38-54-75/h22-23,25-26,63-64H,6-21,24,27-62H2,1-5H3,(H,74,83)/b25-22-,26-23-. The first kappa shape index (κ1) is 84.0. The van der Waals surface area contributed by atoms with E-state index in [1.54, 1.807) is 0 Å². The van der Waals surface area contributed by atoms with Crippen LogP contribution in [0.2, 0.25) is 0 Å². The number of nitrogens with one attached hydrogen (secondary N) is 1. The zero-order valence-corrected chi connectivity index (χ0v) is 57.9. The third kappa shape index (κ3) is 51.1. The first-order chi connectivity index (χ1) is 44.3. The second-order valence-corrected chi connectivity index (χ2v) is 25.1. The summed E-state index contributed by atoms with van der Waals surface area (Å²) in [5, 5.41) is 2.86. The van der Waals surface area contributed by atoms with E-state index in [1.807, 2.05) is 12.2 Å². The van der Waals surface area contributed by atoms with Crippen LogP contribution in [0, 0.1) is 11.3 Å². The van der Waals surface area contributed by atoms with Crippen molar-refractivity contribution in [2.24, 2.45) is 11.3 Å². The molecule has 0 aromatic rings. The molecule has 0 aromatic carbocycles. The van der Waals surface area contributed by atoms with Gasteiger partial charge in [0.1, 0.15) is 37.9 Å². The van der Waals surface area contributed by atoms with Crippen molar-refractivity contribution in [2.75, 3.05) is 72.4 Å². The minimum absolute atomic E-state index is 0.0141. The fourth-order valence-electron chi connectivity index (χ4n) is 10.5. The molecule has 18 heteroatoms. The van der Waals surface area contributed by atoms with Gasteiger partial charge in [-0.2, -0.15) is 0 Å². The van der Waals surface area contributed by atoms with Gasteiger partial charge in [0.05, 0.1) is 25.7 Å². The number of likely N-dealkylation sites (tertiary alicyclic amines) is 1. The first-order valence-electron chi connectivity index (χ1n) is 36.4. The van der Waals surface area contributed by atoms with Gasteiger partial charge in [-0.25, -0.2) is 4.79 Å². The van der Waals surface area contributed by atoms with E-state index in [0.29, 0.717) is 103 Å². The van der Waals surface area contributed by atoms with Crippen molar-refractivity contribution in [3.05, 3.63) is 24.3 Å². The van der Waals surface area contributed by atoms with Crippen LogP contribution >= 0.6 is 0 Å². The maximum atomic E-state index is 13.8. The van der Waals surface area contributed by atoms with Gasteiger partial charge < -0.3 is 48.1 Å². The number of esters is 7. The van der Waals surface area contributed by atoms with Crippen molar-refractivity contribution in [2.45, 2.75) is 310 Å². The van der Waals surface area contributed by atoms with Gasteiger partial charge in [-0.15, -0.1) is 0 Å². The van der Waals surface area contributed by atoms with Crippen LogP contribution in [0.25, 0.3) is 0 Å². The number of carbonyl (C=O) groups is 8. The lowest BCUT2D eigenvalue weighted by atomic mass is 9.92. The normalized spacial score (nSPS) is 13.2. The zero-order valence-electron chi connectivity index (χ0n) is 57.9. The van der Waals surface area contributed by atoms with E-state index in [1.165, 1.54) is 25.7 Å². The number of alkyl carbamates (subject to hydrolysis) is 1. The quantitative estimate of drug-likeness (QED) is 0.0258. The Morgan fingerprint density at radius 2 is 0.769 bits per heavy atom. The monoisotopic (exact) mass is 1290 g/mol. The third-order valence-corrected chi connectivity index (χ3v) is 16.4. The molecule has 1 rings (SSSR count). The third-order valence-electron chi connectivity index (χ3n) is 16.4. The second kappa shape index (κ2) is 60.0. The molecule has 0 bridgehead atoms. The number of unbranched alkanes of at least 4 members (excludes halogenated alkanes) is 20. The second-order valence-electron chi connectivity index (χ2n) is 25.1. The van der Waals surface area contributed by atoms with E-state index < -0.39 is 67.9 Å². The van der Waals surface area contributed by atoms with Crippen LogP contribution in [-0.2, 0) is 71.5 Å². The first-order valence-corrected chi connectivity index (χ1v) is 36.4. The molecule has 0 saturated carbocycles. The highest BCUT2D eigenvalue weighted by atomic mass is 16.6. The minimum atomic E-state index is -1.51. The van der Waals surface area contributed by atoms with Gasteiger partial charge in [0.2, 0.25) is 0 Å². The van der Waals surface area contributed by atoms with Gasteiger partial charge in [0.15, 0.2) is 0 Å². The van der Waals surface area contributed by atoms with Gasteiger partial charge >= 0.3 is 47.9 Å². The van der Waals surface area contributed by atoms with Crippen LogP contribution in [-0.4, -0.2) is 131 Å². The number of ether oxygens (including phenoxy) is 8. The van der Waals surface area contributed by atoms with Crippen molar-refractivity contribution in [1.82, 2.24) is 10.2 Å². The molecule has 91 heavy (non-hydrogen) atoms. The van der Waals surface area contributed by atoms with Gasteiger partial charge in [-0.05, 0) is 135 Å². The summed E-state index contributed by atoms with van der Waals surface area (Å²) in [6.45, 7) is 13.2. The molecule has 526 valence electrons. The number of allylic oxidation sites excluding steroid dienone is 2. The molecule has 1 aliphatic rings. The molecule has 2 unspecified atom stereocenters. The fourth-order valence-corrected chi connectivity index (χ4v) is 10.5. The Hall–Kier alpha value is -5.00. The summed E-state index contributed by atoms with van der Waals surface area (Å²) in [6, 6.07) is 0. The number of carbonyl (C=O) groups excluding carboxylic acids is 8. The highest BCUT2D eigenvalue weighted by Gasteiger charge is 2.38. The topological polar surface area (TPSA) is 226 Å². The van der Waals surface area contributed by atoms with E-state index in [0.717, 1.165) is 142 Å². The number of amides is 1. The van der Waals surface area contributed by atoms with Crippen LogP contribution in [0.5, 0.6) is 0 Å². The summed E-state index contributed by atoms with van der Waals surface area (Å²) in [5.74, 6) is -3.11. The van der Waals surface area contributed by atoms with Crippen LogP contribution in [0.3, 0.4) is 0 Å². The smallest absolute Gasteiger partial charge is 0.407 e. The summed E-state index contributed by atoms with van der Waals surface area (Å²) in [7, 11) is 0. The van der Waals surface area contributed by atoms with E-state index in [4.69, 9.17) is 37.9 Å². The van der Waals surface area contributed by atoms with Gasteiger partial charge in [0, 0.05) is 51.6 Å². The Labute approximate surface area is 550 Å². The van der Waals surface area contributed by atoms with Crippen molar-refractivity contribution >= 4 is 47.9 Å². The van der Waals surface area contributed by atoms with Crippen molar-refractivity contribution in [3.63, 3.8) is 0 Å². The lowest BCUT2D eigenvalue weighted by molar-refractivity contribution is -0.171. The van der Waals surface area contributed by atoms with Gasteiger partial charge in [0.25, 0.3) is 0 Å². The van der Waals surface area contributed by atoms with Crippen LogP contribution in [0.4, 0.5) is 4.79 Å². The molecule has 0 aliphatic carbocycles. The van der Waals surface area contributed by atoms with E-state index in [-0.39, 0.29) is 68.8 Å². The maximum Gasteiger partial charge on any atom is 0.407 e. The predicted molar refractivity (Wildman–Crippen MR) is 358 cm³/mol. The molecule has 1 saturated heterocycles. The Morgan fingerprint density at radius 1 is 0.385 bits per heavy atom. The molecule has 0 radical (unpaired) electrons. The Kier molecular flexibility index (Phi) is 55.4. The molecule has 1 heterocycles. The van der Waals surface area contributed by atoms with Crippen LogP contribution < -0.4 is 5.32 Å². The number of hydrogen-bond donors (Lipinski definition) is 1. The lowest BCUT2D eigenvalue weighted by Crippen LogP contribution is -2.44. The number of nitrogens with zero attached hydrogens (tertiary/aromatic N) is 1. The number of rotatable bonds is 62. The van der Waals surface area contributed by atoms with Crippen molar-refractivity contribution in [1.29, 1.82) is 0 Å². The van der Waals surface area contributed by atoms with E-state index in [2.05, 4.69) is 57.0 Å². The molecule has 0 aromatic heterocycles. The van der Waals surface area contributed by atoms with Gasteiger partial charge in [-0.1, -0.05) is 168 Å². The highest BCUT2D eigenvalue weighted by molar-refractivity contribution is 5.73. The molecule has 18 nitrogen and oxygen atoms in total. The minimum Gasteiger partial charge on any atom is -0.465 e. The molecular weight excluding hydrogens is 1160 g/mol. The summed E-state index contributed by atoms with van der Waals surface area (Å²) in [6.07, 6.45) is 38.6. The molecule has 1 amide bonds. The molecule has 1 fully saturated rings. The highest BCUT2D eigenvalue weighted by Crippen LogP contribution is 2.25. The fraction of sp³-hybridized carbons (Fsp3) is 0.836. The molecule has 0 spiro atoms. The molecule has 2 atom stereocenters. The Bertz CT molecular complexity index is 1870. The zero-order chi connectivity index (χ0) is 66.5. The Balaban J connectivity index is 3.18. The summed E-state index contributed by atoms with van der Waals surface area (Å²) in [4.78, 5) is 107. The van der Waals surface area contributed by atoms with Crippen molar-refractivity contribution in [3.8, 4) is 0 Å². The summed E-state index contributed by atoms with van der Waals surface area (Å²) < 4.78 is 45.9. The summed E-state index contributed by atoms with van der Waals surface area (Å²) >= 11 is 0. The number of hydrogen-bond acceptors (Lipinski definition) is 17. The molecule has 1 aliphatic heterocycles. The largest absolute Gasteiger partial charge is 0.465 e. The van der Waals surface area contributed by atoms with Crippen molar-refractivity contribution < 1.29 is 76.3 Å². The average molecular weight is 1290 g/mol. The summed E-state index contributed by atoms with van der Waals surface area (Å²) in [5.41, 5.74) is -1.51. The average Bonchev–Trinajstić information content (AvgIpc) is 2.52. The maximum absolute atomic E-state index is 13.8. The van der Waals surface area contributed by atoms with E-state index >= 15 is 0 Å². The van der Waals surface area contributed by atoms with Crippen LogP contribution in [0.1, 0.15) is 304 Å². The predicted octanol–water partition coefficient (Wildman–Crippen LogP) is 16.4. The molecular formula is C73H128N2O16.